The smallest absolute Gasteiger partial charge is 0.341 e. The fourth-order valence-electron chi connectivity index (χ4n) is 10.4. The molecule has 7 unspecified atom stereocenters. The molecule has 23 heteroatoms. The number of pyridine rings is 1. The van der Waals surface area contributed by atoms with Gasteiger partial charge in [-0.15, -0.1) is 11.8 Å². The standard InChI is InChI=1S/C27H47NO10.C19H24N2O4S.C6H12O3.C3H8.C2H7N.CH4O/c1-14-9-20(37-19(6)23(14)36-13-29)38-22-16(3)11-26(7,32)10-15(2)21(28-34)17(4)24(30)27(8,33)12-35-25(31)18(22)5;1-12-3-4-13-9-14(26-8-7-25-6-5-20-2)10-15-17(13)21(12)11-16(18(15)22)19(23)24;1-4-2-3-5(7)6(8)9-4;2*1-3-2;1-2/h13-20,22-24,30,32-34H,9-12H2,1-8H3;9-12,20H,3-8H2,1-2H3,(H,23,24);4-8H,2-3H2,1H3;3H2,1-2H3;3H,1-2H3;2H,1H3/b28-21+;;;;;/t14?,15-,16-,17?,18?,19?,20+,22+,23-,24?,26-,27-;;4-,5?,6-;;;/m1.1.../s1. The normalized spacial score (nSPS) is 32.8. The molecule has 468 valence electrons. The van der Waals surface area contributed by atoms with Crippen molar-refractivity contribution >= 4 is 46.8 Å². The number of hydrogen-bond acceptors (Lipinski definition) is 21. The molecule has 0 radical (unpaired) electrons. The number of nitrogens with zero attached hydrogens (tertiary/aromatic N) is 2. The Kier molecular flexibility index (Phi) is 34.8. The molecular weight excluding hydrogens is 1070 g/mol. The number of hydrogen-bond donors (Lipinski definition) is 10. The van der Waals surface area contributed by atoms with Crippen molar-refractivity contribution in [3.63, 3.8) is 0 Å². The maximum Gasteiger partial charge on any atom is 0.341 e. The lowest BCUT2D eigenvalue weighted by Crippen LogP contribution is -2.52. The number of likely N-dealkylation sites (N-methyl/N-ethyl adjacent to an activating group) is 1. The summed E-state index contributed by atoms with van der Waals surface area (Å²) in [6, 6.07) is 4.14. The van der Waals surface area contributed by atoms with Crippen LogP contribution in [-0.2, 0) is 44.4 Å². The van der Waals surface area contributed by atoms with Gasteiger partial charge in [0.25, 0.3) is 6.47 Å². The maximum absolute atomic E-state index is 13.1. The average molecular weight is 1180 g/mol. The van der Waals surface area contributed by atoms with Gasteiger partial charge in [0.05, 0.1) is 60.4 Å². The summed E-state index contributed by atoms with van der Waals surface area (Å²) in [7, 11) is 6.64. The van der Waals surface area contributed by atoms with Gasteiger partial charge in [0.15, 0.2) is 12.6 Å². The van der Waals surface area contributed by atoms with E-state index in [1.807, 2.05) is 52.5 Å². The molecule has 16 atom stereocenters. The van der Waals surface area contributed by atoms with Crippen LogP contribution in [0, 0.1) is 29.6 Å². The van der Waals surface area contributed by atoms with Crippen LogP contribution in [0.4, 0.5) is 0 Å². The number of aryl methyl sites for hydroxylation is 1. The molecule has 6 rings (SSSR count). The summed E-state index contributed by atoms with van der Waals surface area (Å²) in [5, 5.41) is 86.7. The van der Waals surface area contributed by atoms with E-state index in [1.54, 1.807) is 46.4 Å². The van der Waals surface area contributed by atoms with E-state index in [9.17, 15) is 44.8 Å². The van der Waals surface area contributed by atoms with Crippen LogP contribution in [0.2, 0.25) is 0 Å². The lowest BCUT2D eigenvalue weighted by molar-refractivity contribution is -0.263. The van der Waals surface area contributed by atoms with Crippen molar-refractivity contribution in [3.05, 3.63) is 39.7 Å². The van der Waals surface area contributed by atoms with Crippen LogP contribution in [0.15, 0.2) is 33.2 Å². The summed E-state index contributed by atoms with van der Waals surface area (Å²) < 4.78 is 35.3. The van der Waals surface area contributed by atoms with Crippen molar-refractivity contribution in [2.45, 2.75) is 206 Å². The first kappa shape index (κ1) is 75.2. The minimum absolute atomic E-state index is 0.0521. The van der Waals surface area contributed by atoms with E-state index >= 15 is 0 Å². The van der Waals surface area contributed by atoms with Gasteiger partial charge in [-0.1, -0.05) is 53.1 Å². The molecule has 5 heterocycles. The number of thioether (sulfide) groups is 1. The molecule has 1 aromatic carbocycles. The summed E-state index contributed by atoms with van der Waals surface area (Å²) in [6.45, 7) is 23.9. The Morgan fingerprint density at radius 1 is 0.901 bits per heavy atom. The van der Waals surface area contributed by atoms with Crippen LogP contribution in [0.5, 0.6) is 0 Å². The number of cyclic esters (lactones) is 1. The summed E-state index contributed by atoms with van der Waals surface area (Å²) in [5.41, 5.74) is -1.40. The van der Waals surface area contributed by atoms with Gasteiger partial charge in [-0.2, -0.15) is 0 Å². The molecule has 0 amide bonds. The summed E-state index contributed by atoms with van der Waals surface area (Å²) in [5.74, 6) is -3.39. The van der Waals surface area contributed by atoms with Gasteiger partial charge in [0.1, 0.15) is 30.0 Å². The number of rotatable bonds is 12. The second-order valence-electron chi connectivity index (χ2n) is 22.3. The molecule has 4 aliphatic heterocycles. The Labute approximate surface area is 484 Å². The number of oxime groups is 1. The van der Waals surface area contributed by atoms with E-state index in [-0.39, 0.29) is 48.1 Å². The number of aliphatic hydroxyl groups is 6. The van der Waals surface area contributed by atoms with Gasteiger partial charge < -0.3 is 84.6 Å². The van der Waals surface area contributed by atoms with Gasteiger partial charge in [-0.05, 0) is 125 Å². The summed E-state index contributed by atoms with van der Waals surface area (Å²) in [6.07, 6.45) is 1.73. The van der Waals surface area contributed by atoms with Crippen LogP contribution in [0.3, 0.4) is 0 Å². The number of esters is 1. The van der Waals surface area contributed by atoms with Gasteiger partial charge in [-0.25, -0.2) is 4.79 Å². The van der Waals surface area contributed by atoms with E-state index in [0.29, 0.717) is 37.9 Å². The van der Waals surface area contributed by atoms with Crippen LogP contribution in [0.1, 0.15) is 150 Å². The number of aromatic nitrogens is 1. The zero-order valence-corrected chi connectivity index (χ0v) is 51.9. The number of carbonyl (C=O) groups is 3. The van der Waals surface area contributed by atoms with Crippen LogP contribution in [-0.4, -0.2) is 190 Å². The first-order chi connectivity index (χ1) is 38.1. The Morgan fingerprint density at radius 3 is 2.07 bits per heavy atom. The van der Waals surface area contributed by atoms with Crippen molar-refractivity contribution in [2.75, 3.05) is 60.4 Å². The lowest BCUT2D eigenvalue weighted by Gasteiger charge is -2.42. The molecule has 0 aliphatic carbocycles. The van der Waals surface area contributed by atoms with Gasteiger partial charge >= 0.3 is 11.9 Å². The Balaban J connectivity index is 0.000000650. The highest BCUT2D eigenvalue weighted by atomic mass is 32.2. The summed E-state index contributed by atoms with van der Waals surface area (Å²) >= 11 is 1.64. The lowest BCUT2D eigenvalue weighted by atomic mass is 9.76. The predicted octanol–water partition coefficient (Wildman–Crippen LogP) is 5.52. The molecule has 0 saturated carbocycles. The third kappa shape index (κ3) is 23.6. The van der Waals surface area contributed by atoms with Crippen molar-refractivity contribution in [1.29, 1.82) is 0 Å². The Morgan fingerprint density at radius 2 is 1.53 bits per heavy atom. The molecule has 81 heavy (non-hydrogen) atoms. The van der Waals surface area contributed by atoms with Crippen LogP contribution in [0.25, 0.3) is 10.9 Å². The first-order valence-electron chi connectivity index (χ1n) is 28.4. The van der Waals surface area contributed by atoms with Gasteiger partial charge in [-0.3, -0.25) is 14.4 Å². The highest BCUT2D eigenvalue weighted by Gasteiger charge is 2.45. The molecule has 22 nitrogen and oxygen atoms in total. The van der Waals surface area contributed by atoms with E-state index in [4.69, 9.17) is 43.7 Å². The minimum atomic E-state index is -1.83. The fraction of sp³-hybridized carbons (Fsp3) is 0.776. The summed E-state index contributed by atoms with van der Waals surface area (Å²) in [4.78, 5) is 49.2. The van der Waals surface area contributed by atoms with E-state index < -0.39 is 96.0 Å². The van der Waals surface area contributed by atoms with E-state index in [0.717, 1.165) is 54.6 Å². The maximum atomic E-state index is 13.1. The molecule has 4 aliphatic rings. The van der Waals surface area contributed by atoms with Crippen LogP contribution >= 0.6 is 11.8 Å². The number of carboxylic acids is 1. The third-order valence-electron chi connectivity index (χ3n) is 14.4. The Bertz CT molecular complexity index is 2240. The highest BCUT2D eigenvalue weighted by molar-refractivity contribution is 7.99. The second-order valence-corrected chi connectivity index (χ2v) is 23.4. The van der Waals surface area contributed by atoms with Crippen LogP contribution < -0.4 is 16.1 Å². The first-order valence-corrected chi connectivity index (χ1v) is 29.3. The second kappa shape index (κ2) is 37.5. The number of carboxylic acid groups (broad SMARTS) is 1. The third-order valence-corrected chi connectivity index (χ3v) is 15.3. The Hall–Kier alpha value is -3.82. The molecule has 1 aromatic heterocycles. The number of ether oxygens (including phenoxy) is 6. The SMILES string of the molecule is CC1/C(=N/O)[C@H](C)C[C@@](C)(O)C[C@@H](C)[C@H](O[C@H]2CC(C)[C@@H](OC=O)C(C)O2)C(C)C(=O)OC[C@@](C)(O)C1O.CCC.CNC.CNCCOCCSc1cc2c3c(c1)c(=O)c(C(=O)O)cn3C(C)CC2.CO.C[C@@H]1CCC(O)[C@H](O)O1. The quantitative estimate of drug-likeness (QED) is 0.0312. The zero-order valence-electron chi connectivity index (χ0n) is 51.0. The minimum Gasteiger partial charge on any atom is -0.477 e. The molecule has 3 fully saturated rings. The molecule has 10 N–H and O–H groups in total. The van der Waals surface area contributed by atoms with Crippen molar-refractivity contribution in [2.24, 2.45) is 34.7 Å². The largest absolute Gasteiger partial charge is 0.477 e. The molecular formula is C58H102N4O18S. The number of aromatic carboxylic acids is 1. The topological polar surface area (TPSA) is 327 Å². The van der Waals surface area contributed by atoms with Crippen molar-refractivity contribution in [1.82, 2.24) is 15.2 Å². The van der Waals surface area contributed by atoms with Gasteiger partial charge in [0.2, 0.25) is 5.43 Å². The number of nitrogens with one attached hydrogen (secondary N) is 2. The molecule has 0 spiro atoms. The molecule has 0 bridgehead atoms. The van der Waals surface area contributed by atoms with Crippen molar-refractivity contribution < 1.29 is 83.8 Å². The average Bonchev–Trinajstić information content (AvgIpc) is 3.40. The molecule has 3 saturated heterocycles. The number of aliphatic hydroxyl groups excluding tert-OH is 4. The molecule has 2 aromatic rings. The monoisotopic (exact) mass is 1170 g/mol. The predicted molar refractivity (Wildman–Crippen MR) is 312 cm³/mol. The van der Waals surface area contributed by atoms with E-state index in [2.05, 4.69) is 42.6 Å². The number of benzene rings is 1. The van der Waals surface area contributed by atoms with Gasteiger partial charge in [0, 0.05) is 66.1 Å². The number of carbonyl (C=O) groups excluding carboxylic acids is 2. The van der Waals surface area contributed by atoms with Crippen molar-refractivity contribution in [3.8, 4) is 0 Å². The zero-order chi connectivity index (χ0) is 61.9. The fourth-order valence-corrected chi connectivity index (χ4v) is 11.3. The van der Waals surface area contributed by atoms with E-state index in [1.165, 1.54) is 19.5 Å². The highest BCUT2D eigenvalue weighted by Crippen LogP contribution is 2.37.